The Morgan fingerprint density at radius 3 is 2.58 bits per heavy atom. The number of nitrogens with two attached hydrogens (primary N) is 1. The maximum absolute atomic E-state index is 5.84. The molecule has 0 amide bonds. The van der Waals surface area contributed by atoms with Gasteiger partial charge in [-0.3, -0.25) is 4.98 Å². The van der Waals surface area contributed by atoms with Gasteiger partial charge >= 0.3 is 0 Å². The van der Waals surface area contributed by atoms with Crippen LogP contribution in [0.5, 0.6) is 11.5 Å². The molecule has 0 saturated carbocycles. The lowest BCUT2D eigenvalue weighted by atomic mass is 9.87. The molecule has 100 valence electrons. The summed E-state index contributed by atoms with van der Waals surface area (Å²) in [5.74, 6) is 1.54. The first-order chi connectivity index (χ1) is 8.99. The summed E-state index contributed by atoms with van der Waals surface area (Å²) in [4.78, 5) is 4.12. The third kappa shape index (κ3) is 3.55. The molecule has 2 aromatic rings. The maximum Gasteiger partial charge on any atom is 0.146 e. The van der Waals surface area contributed by atoms with Gasteiger partial charge in [-0.25, -0.2) is 0 Å². The Labute approximate surface area is 114 Å². The molecule has 0 aliphatic carbocycles. The standard InChI is InChI=1S/C16H20N2O/c1-16(2,3)13-5-4-6-14(8-13)19-15-7-12(9-17)10-18-11-15/h4-8,10-11H,9,17H2,1-3H3. The minimum atomic E-state index is 0.108. The van der Waals surface area contributed by atoms with Gasteiger partial charge in [-0.15, -0.1) is 0 Å². The van der Waals surface area contributed by atoms with Crippen molar-refractivity contribution < 1.29 is 4.74 Å². The number of rotatable bonds is 3. The van der Waals surface area contributed by atoms with E-state index in [0.717, 1.165) is 11.3 Å². The van der Waals surface area contributed by atoms with Gasteiger partial charge in [-0.2, -0.15) is 0 Å². The number of hydrogen-bond donors (Lipinski definition) is 1. The highest BCUT2D eigenvalue weighted by atomic mass is 16.5. The van der Waals surface area contributed by atoms with Crippen LogP contribution in [0.3, 0.4) is 0 Å². The fourth-order valence-corrected chi connectivity index (χ4v) is 1.79. The molecule has 0 bridgehead atoms. The van der Waals surface area contributed by atoms with Crippen LogP contribution in [0, 0.1) is 0 Å². The molecular formula is C16H20N2O. The molecule has 0 radical (unpaired) electrons. The van der Waals surface area contributed by atoms with E-state index < -0.39 is 0 Å². The normalized spacial score (nSPS) is 11.4. The van der Waals surface area contributed by atoms with E-state index in [-0.39, 0.29) is 5.41 Å². The van der Waals surface area contributed by atoms with E-state index in [0.29, 0.717) is 12.3 Å². The Morgan fingerprint density at radius 2 is 1.89 bits per heavy atom. The SMILES string of the molecule is CC(C)(C)c1cccc(Oc2cncc(CN)c2)c1. The second kappa shape index (κ2) is 5.41. The van der Waals surface area contributed by atoms with E-state index in [1.807, 2.05) is 18.2 Å². The molecular weight excluding hydrogens is 236 g/mol. The van der Waals surface area contributed by atoms with Gasteiger partial charge in [0.05, 0.1) is 6.20 Å². The highest BCUT2D eigenvalue weighted by Gasteiger charge is 2.14. The lowest BCUT2D eigenvalue weighted by Gasteiger charge is -2.19. The van der Waals surface area contributed by atoms with Gasteiger partial charge in [-0.05, 0) is 34.7 Å². The molecule has 0 aliphatic heterocycles. The van der Waals surface area contributed by atoms with Crippen molar-refractivity contribution in [1.29, 1.82) is 0 Å². The van der Waals surface area contributed by atoms with Crippen molar-refractivity contribution in [1.82, 2.24) is 4.98 Å². The van der Waals surface area contributed by atoms with Crippen molar-refractivity contribution in [2.45, 2.75) is 32.7 Å². The first-order valence-corrected chi connectivity index (χ1v) is 6.41. The maximum atomic E-state index is 5.84. The van der Waals surface area contributed by atoms with E-state index in [4.69, 9.17) is 10.5 Å². The predicted octanol–water partition coefficient (Wildman–Crippen LogP) is 3.63. The van der Waals surface area contributed by atoms with Crippen molar-refractivity contribution in [3.05, 3.63) is 53.9 Å². The van der Waals surface area contributed by atoms with Crippen LogP contribution in [-0.4, -0.2) is 4.98 Å². The molecule has 2 N–H and O–H groups in total. The number of pyridine rings is 1. The Morgan fingerprint density at radius 1 is 1.11 bits per heavy atom. The number of aromatic nitrogens is 1. The zero-order valence-corrected chi connectivity index (χ0v) is 11.7. The molecule has 0 aliphatic rings. The first-order valence-electron chi connectivity index (χ1n) is 6.41. The van der Waals surface area contributed by atoms with Crippen molar-refractivity contribution in [3.8, 4) is 11.5 Å². The molecule has 1 aromatic carbocycles. The van der Waals surface area contributed by atoms with Gasteiger partial charge in [0.15, 0.2) is 0 Å². The summed E-state index contributed by atoms with van der Waals surface area (Å²) in [5.41, 5.74) is 7.91. The lowest BCUT2D eigenvalue weighted by molar-refractivity contribution is 0.475. The highest BCUT2D eigenvalue weighted by Crippen LogP contribution is 2.28. The van der Waals surface area contributed by atoms with Crippen molar-refractivity contribution in [3.63, 3.8) is 0 Å². The molecule has 3 heteroatoms. The summed E-state index contributed by atoms with van der Waals surface area (Å²) in [6.07, 6.45) is 3.45. The molecule has 0 atom stereocenters. The number of benzene rings is 1. The summed E-state index contributed by atoms with van der Waals surface area (Å²) >= 11 is 0. The summed E-state index contributed by atoms with van der Waals surface area (Å²) in [7, 11) is 0. The third-order valence-electron chi connectivity index (χ3n) is 2.94. The Kier molecular flexibility index (Phi) is 3.86. The summed E-state index contributed by atoms with van der Waals surface area (Å²) < 4.78 is 5.84. The van der Waals surface area contributed by atoms with Gasteiger partial charge < -0.3 is 10.5 Å². The molecule has 2 rings (SSSR count). The van der Waals surface area contributed by atoms with E-state index in [1.54, 1.807) is 12.4 Å². The van der Waals surface area contributed by atoms with Gasteiger partial charge in [-0.1, -0.05) is 32.9 Å². The second-order valence-electron chi connectivity index (χ2n) is 5.61. The molecule has 0 fully saturated rings. The van der Waals surface area contributed by atoms with Crippen LogP contribution in [0.2, 0.25) is 0 Å². The third-order valence-corrected chi connectivity index (χ3v) is 2.94. The summed E-state index contributed by atoms with van der Waals surface area (Å²) in [6.45, 7) is 7.01. The Balaban J connectivity index is 2.23. The largest absolute Gasteiger partial charge is 0.456 e. The van der Waals surface area contributed by atoms with Crippen LogP contribution in [0.4, 0.5) is 0 Å². The Bertz CT molecular complexity index is 559. The zero-order chi connectivity index (χ0) is 13.9. The highest BCUT2D eigenvalue weighted by molar-refractivity contribution is 5.36. The number of ether oxygens (including phenoxy) is 1. The van der Waals surface area contributed by atoms with E-state index in [9.17, 15) is 0 Å². The fraction of sp³-hybridized carbons (Fsp3) is 0.312. The molecule has 0 spiro atoms. The average molecular weight is 256 g/mol. The topological polar surface area (TPSA) is 48.1 Å². The van der Waals surface area contributed by atoms with Crippen LogP contribution >= 0.6 is 0 Å². The van der Waals surface area contributed by atoms with Crippen LogP contribution in [0.1, 0.15) is 31.9 Å². The smallest absolute Gasteiger partial charge is 0.146 e. The van der Waals surface area contributed by atoms with E-state index in [1.165, 1.54) is 5.56 Å². The summed E-state index contributed by atoms with van der Waals surface area (Å²) in [5, 5.41) is 0. The minimum absolute atomic E-state index is 0.108. The Hall–Kier alpha value is -1.87. The first kappa shape index (κ1) is 13.6. The fourth-order valence-electron chi connectivity index (χ4n) is 1.79. The van der Waals surface area contributed by atoms with Crippen LogP contribution in [-0.2, 0) is 12.0 Å². The number of hydrogen-bond acceptors (Lipinski definition) is 3. The molecule has 0 unspecified atom stereocenters. The number of nitrogens with zero attached hydrogens (tertiary/aromatic N) is 1. The predicted molar refractivity (Wildman–Crippen MR) is 77.3 cm³/mol. The summed E-state index contributed by atoms with van der Waals surface area (Å²) in [6, 6.07) is 10.0. The average Bonchev–Trinajstić information content (AvgIpc) is 2.38. The van der Waals surface area contributed by atoms with Gasteiger partial charge in [0.25, 0.3) is 0 Å². The van der Waals surface area contributed by atoms with Crippen molar-refractivity contribution in [2.75, 3.05) is 0 Å². The zero-order valence-electron chi connectivity index (χ0n) is 11.7. The quantitative estimate of drug-likeness (QED) is 0.912. The monoisotopic (exact) mass is 256 g/mol. The van der Waals surface area contributed by atoms with Crippen LogP contribution in [0.25, 0.3) is 0 Å². The lowest BCUT2D eigenvalue weighted by Crippen LogP contribution is -2.10. The minimum Gasteiger partial charge on any atom is -0.456 e. The second-order valence-corrected chi connectivity index (χ2v) is 5.61. The molecule has 3 nitrogen and oxygen atoms in total. The van der Waals surface area contributed by atoms with Crippen molar-refractivity contribution >= 4 is 0 Å². The van der Waals surface area contributed by atoms with Crippen LogP contribution in [0.15, 0.2) is 42.7 Å². The van der Waals surface area contributed by atoms with Gasteiger partial charge in [0.2, 0.25) is 0 Å². The molecule has 1 heterocycles. The van der Waals surface area contributed by atoms with Gasteiger partial charge in [0, 0.05) is 12.7 Å². The molecule has 1 aromatic heterocycles. The van der Waals surface area contributed by atoms with E-state index >= 15 is 0 Å². The molecule has 19 heavy (non-hydrogen) atoms. The molecule has 0 saturated heterocycles. The van der Waals surface area contributed by atoms with Crippen molar-refractivity contribution in [2.24, 2.45) is 5.73 Å². The van der Waals surface area contributed by atoms with Crippen LogP contribution < -0.4 is 10.5 Å². The van der Waals surface area contributed by atoms with Gasteiger partial charge in [0.1, 0.15) is 11.5 Å². The van der Waals surface area contributed by atoms with E-state index in [2.05, 4.69) is 37.9 Å².